The molecule has 2 aromatic carbocycles. The highest BCUT2D eigenvalue weighted by atomic mass is 35.5. The first-order valence-electron chi connectivity index (χ1n) is 11.3. The van der Waals surface area contributed by atoms with E-state index in [2.05, 4.69) is 10.2 Å². The van der Waals surface area contributed by atoms with E-state index >= 15 is 0 Å². The van der Waals surface area contributed by atoms with Gasteiger partial charge in [0.25, 0.3) is 11.8 Å². The molecule has 2 saturated heterocycles. The second kappa shape index (κ2) is 8.92. The van der Waals surface area contributed by atoms with Crippen LogP contribution >= 0.6 is 11.6 Å². The van der Waals surface area contributed by atoms with E-state index in [4.69, 9.17) is 11.6 Å². The molecule has 0 aliphatic carbocycles. The molecule has 0 bridgehead atoms. The van der Waals surface area contributed by atoms with Gasteiger partial charge in [-0.3, -0.25) is 34.3 Å². The Bertz CT molecular complexity index is 1210. The molecule has 4 amide bonds. The van der Waals surface area contributed by atoms with E-state index in [1.54, 1.807) is 18.2 Å². The smallest absolute Gasteiger partial charge is 0.262 e. The van der Waals surface area contributed by atoms with Crippen molar-refractivity contribution >= 4 is 35.2 Å². The number of piperidine rings is 2. The summed E-state index contributed by atoms with van der Waals surface area (Å²) in [7, 11) is 0. The van der Waals surface area contributed by atoms with Crippen molar-refractivity contribution in [1.82, 2.24) is 15.1 Å². The Labute approximate surface area is 200 Å². The molecule has 1 N–H and O–H groups in total. The normalized spacial score (nSPS) is 21.7. The van der Waals surface area contributed by atoms with Crippen molar-refractivity contribution in [3.63, 3.8) is 0 Å². The highest BCUT2D eigenvalue weighted by molar-refractivity contribution is 6.31. The summed E-state index contributed by atoms with van der Waals surface area (Å²) in [5.41, 5.74) is 2.30. The maximum atomic E-state index is 13.8. The SMILES string of the molecule is O=C1CCC(N2C(=O)c3ccc(CN4CCC(c5cccc(F)c5Cl)CC4)cc3C2=O)C(=O)N1. The van der Waals surface area contributed by atoms with E-state index in [0.29, 0.717) is 6.54 Å². The number of nitrogens with one attached hydrogen (secondary N) is 1. The van der Waals surface area contributed by atoms with Crippen LogP contribution in [0.1, 0.15) is 63.4 Å². The van der Waals surface area contributed by atoms with Crippen molar-refractivity contribution in [3.05, 3.63) is 69.5 Å². The molecule has 0 radical (unpaired) electrons. The van der Waals surface area contributed by atoms with Gasteiger partial charge in [0.05, 0.1) is 16.1 Å². The molecule has 34 heavy (non-hydrogen) atoms. The van der Waals surface area contributed by atoms with Crippen LogP contribution in [0.15, 0.2) is 36.4 Å². The van der Waals surface area contributed by atoms with E-state index < -0.39 is 35.5 Å². The van der Waals surface area contributed by atoms with Crippen molar-refractivity contribution in [2.75, 3.05) is 13.1 Å². The fourth-order valence-corrected chi connectivity index (χ4v) is 5.39. The molecule has 0 spiro atoms. The zero-order valence-electron chi connectivity index (χ0n) is 18.4. The summed E-state index contributed by atoms with van der Waals surface area (Å²) in [4.78, 5) is 52.8. The van der Waals surface area contributed by atoms with Crippen LogP contribution in [0.5, 0.6) is 0 Å². The number of amides is 4. The number of imide groups is 2. The average molecular weight is 484 g/mol. The van der Waals surface area contributed by atoms with E-state index in [9.17, 15) is 23.6 Å². The van der Waals surface area contributed by atoms with Crippen molar-refractivity contribution in [1.29, 1.82) is 0 Å². The Morgan fingerprint density at radius 1 is 0.971 bits per heavy atom. The molecule has 176 valence electrons. The highest BCUT2D eigenvalue weighted by Crippen LogP contribution is 2.35. The van der Waals surface area contributed by atoms with Crippen molar-refractivity contribution in [2.45, 2.75) is 44.2 Å². The lowest BCUT2D eigenvalue weighted by Gasteiger charge is -2.32. The number of benzene rings is 2. The second-order valence-corrected chi connectivity index (χ2v) is 9.40. The Kier molecular flexibility index (Phi) is 5.95. The first kappa shape index (κ1) is 22.7. The van der Waals surface area contributed by atoms with Crippen LogP contribution in [0.2, 0.25) is 5.02 Å². The summed E-state index contributed by atoms with van der Waals surface area (Å²) in [6.07, 6.45) is 1.91. The minimum Gasteiger partial charge on any atom is -0.299 e. The Hall–Kier alpha value is -3.10. The summed E-state index contributed by atoms with van der Waals surface area (Å²) in [6, 6.07) is 9.14. The van der Waals surface area contributed by atoms with Crippen LogP contribution in [0.25, 0.3) is 0 Å². The standard InChI is InChI=1S/C25H23ClFN3O4/c26-22-16(2-1-3-19(22)27)15-8-10-29(11-9-15)13-14-4-5-17-18(12-14)25(34)30(24(17)33)20-6-7-21(31)28-23(20)32/h1-5,12,15,20H,6-11,13H2,(H,28,31,32). The number of hydrogen-bond acceptors (Lipinski definition) is 5. The number of rotatable bonds is 4. The van der Waals surface area contributed by atoms with Crippen molar-refractivity contribution in [2.24, 2.45) is 0 Å². The van der Waals surface area contributed by atoms with Gasteiger partial charge in [-0.2, -0.15) is 0 Å². The predicted octanol–water partition coefficient (Wildman–Crippen LogP) is 3.26. The van der Waals surface area contributed by atoms with Gasteiger partial charge in [0.1, 0.15) is 11.9 Å². The third-order valence-corrected chi connectivity index (χ3v) is 7.32. The Morgan fingerprint density at radius 3 is 2.44 bits per heavy atom. The van der Waals surface area contributed by atoms with Gasteiger partial charge in [-0.1, -0.05) is 29.8 Å². The molecular formula is C25H23ClFN3O4. The van der Waals surface area contributed by atoms with Gasteiger partial charge in [0, 0.05) is 13.0 Å². The highest BCUT2D eigenvalue weighted by Gasteiger charge is 2.44. The Balaban J connectivity index is 1.26. The minimum absolute atomic E-state index is 0.0891. The van der Waals surface area contributed by atoms with E-state index in [1.165, 1.54) is 6.07 Å². The molecule has 1 unspecified atom stereocenters. The molecule has 2 aromatic rings. The largest absolute Gasteiger partial charge is 0.299 e. The van der Waals surface area contributed by atoms with Gasteiger partial charge >= 0.3 is 0 Å². The summed E-state index contributed by atoms with van der Waals surface area (Å²) in [6.45, 7) is 2.20. The van der Waals surface area contributed by atoms with Gasteiger partial charge in [0.2, 0.25) is 11.8 Å². The minimum atomic E-state index is -0.970. The Morgan fingerprint density at radius 2 is 1.71 bits per heavy atom. The number of likely N-dealkylation sites (tertiary alicyclic amines) is 1. The number of nitrogens with zero attached hydrogens (tertiary/aromatic N) is 2. The third-order valence-electron chi connectivity index (χ3n) is 6.92. The molecule has 2 fully saturated rings. The van der Waals surface area contributed by atoms with Crippen molar-refractivity contribution < 1.29 is 23.6 Å². The third kappa shape index (κ3) is 4.01. The lowest BCUT2D eigenvalue weighted by molar-refractivity contribution is -0.136. The number of halogens is 2. The molecule has 1 atom stereocenters. The van der Waals surface area contributed by atoms with E-state index in [0.717, 1.165) is 42.0 Å². The van der Waals surface area contributed by atoms with Crippen LogP contribution in [0.3, 0.4) is 0 Å². The summed E-state index contributed by atoms with van der Waals surface area (Å²) in [5.74, 6) is -2.23. The van der Waals surface area contributed by atoms with Gasteiger partial charge < -0.3 is 0 Å². The van der Waals surface area contributed by atoms with Crippen LogP contribution < -0.4 is 5.32 Å². The number of carbonyl (C=O) groups is 4. The molecule has 3 aliphatic rings. The maximum Gasteiger partial charge on any atom is 0.262 e. The molecule has 3 aliphatic heterocycles. The molecule has 5 rings (SSSR count). The van der Waals surface area contributed by atoms with Gasteiger partial charge in [-0.25, -0.2) is 4.39 Å². The lowest BCUT2D eigenvalue weighted by Crippen LogP contribution is -2.54. The zero-order valence-corrected chi connectivity index (χ0v) is 19.1. The van der Waals surface area contributed by atoms with Gasteiger partial charge in [-0.15, -0.1) is 0 Å². The molecule has 0 aromatic heterocycles. The van der Waals surface area contributed by atoms with Crippen LogP contribution in [-0.2, 0) is 16.1 Å². The first-order valence-corrected chi connectivity index (χ1v) is 11.7. The topological polar surface area (TPSA) is 86.8 Å². The number of fused-ring (bicyclic) bond motifs is 1. The molecule has 0 saturated carbocycles. The average Bonchev–Trinajstić information content (AvgIpc) is 3.06. The van der Waals surface area contributed by atoms with Crippen LogP contribution in [0, 0.1) is 5.82 Å². The van der Waals surface area contributed by atoms with E-state index in [-0.39, 0.29) is 34.9 Å². The van der Waals surface area contributed by atoms with Crippen LogP contribution in [0.4, 0.5) is 4.39 Å². The molecule has 7 nitrogen and oxygen atoms in total. The molecular weight excluding hydrogens is 461 g/mol. The fraction of sp³-hybridized carbons (Fsp3) is 0.360. The summed E-state index contributed by atoms with van der Waals surface area (Å²) < 4.78 is 13.8. The van der Waals surface area contributed by atoms with Gasteiger partial charge in [0.15, 0.2) is 0 Å². The quantitative estimate of drug-likeness (QED) is 0.674. The molecule has 3 heterocycles. The monoisotopic (exact) mass is 483 g/mol. The zero-order chi connectivity index (χ0) is 24.0. The first-order chi connectivity index (χ1) is 16.3. The lowest BCUT2D eigenvalue weighted by atomic mass is 9.89. The van der Waals surface area contributed by atoms with E-state index in [1.807, 2.05) is 12.1 Å². The second-order valence-electron chi connectivity index (χ2n) is 9.02. The maximum absolute atomic E-state index is 13.8. The number of carbonyl (C=O) groups excluding carboxylic acids is 4. The number of hydrogen-bond donors (Lipinski definition) is 1. The molecule has 9 heteroatoms. The van der Waals surface area contributed by atoms with Gasteiger partial charge in [-0.05, 0) is 67.6 Å². The fourth-order valence-electron chi connectivity index (χ4n) is 5.11. The van der Waals surface area contributed by atoms with Crippen molar-refractivity contribution in [3.8, 4) is 0 Å². The predicted molar refractivity (Wildman–Crippen MR) is 122 cm³/mol. The summed E-state index contributed by atoms with van der Waals surface area (Å²) >= 11 is 6.16. The van der Waals surface area contributed by atoms with Crippen LogP contribution in [-0.4, -0.2) is 52.6 Å². The summed E-state index contributed by atoms with van der Waals surface area (Å²) in [5, 5.41) is 2.40.